The zero-order valence-electron chi connectivity index (χ0n) is 16.1. The van der Waals surface area contributed by atoms with Crippen LogP contribution in [0.1, 0.15) is 35.4 Å². The van der Waals surface area contributed by atoms with Crippen molar-refractivity contribution in [2.75, 3.05) is 26.2 Å². The highest BCUT2D eigenvalue weighted by Crippen LogP contribution is 2.37. The maximum absolute atomic E-state index is 13.1. The molecule has 0 atom stereocenters. The van der Waals surface area contributed by atoms with Gasteiger partial charge in [0.2, 0.25) is 0 Å². The Morgan fingerprint density at radius 1 is 1.14 bits per heavy atom. The molecule has 2 aliphatic rings. The summed E-state index contributed by atoms with van der Waals surface area (Å²) < 4.78 is 1.73. The standard InChI is InChI=1S/C21H24N6O/c1-15-18(20(28)26-12-8-21(9-13-26)7-11-22-14-21)24-25-27(15)17-6-2-4-16-5-3-10-23-19(16)17/h2-6,10,22H,7-9,11-14H2,1H3. The van der Waals surface area contributed by atoms with E-state index < -0.39 is 0 Å². The number of carbonyl (C=O) groups is 1. The van der Waals surface area contributed by atoms with Crippen molar-refractivity contribution < 1.29 is 4.79 Å². The number of nitrogens with one attached hydrogen (secondary N) is 1. The maximum atomic E-state index is 13.1. The summed E-state index contributed by atoms with van der Waals surface area (Å²) >= 11 is 0. The Bertz CT molecular complexity index is 1020. The molecule has 1 amide bonds. The molecule has 3 aromatic rings. The van der Waals surface area contributed by atoms with E-state index >= 15 is 0 Å². The topological polar surface area (TPSA) is 75.9 Å². The van der Waals surface area contributed by atoms with Gasteiger partial charge < -0.3 is 10.2 Å². The number of carbonyl (C=O) groups excluding carboxylic acids is 1. The summed E-state index contributed by atoms with van der Waals surface area (Å²) in [6.45, 7) is 5.67. The summed E-state index contributed by atoms with van der Waals surface area (Å²) in [6.07, 6.45) is 5.11. The molecule has 1 spiro atoms. The van der Waals surface area contributed by atoms with Crippen LogP contribution in [-0.2, 0) is 0 Å². The Hall–Kier alpha value is -2.80. The van der Waals surface area contributed by atoms with E-state index in [2.05, 4.69) is 20.6 Å². The van der Waals surface area contributed by atoms with Crippen LogP contribution in [0.15, 0.2) is 36.5 Å². The quantitative estimate of drug-likeness (QED) is 0.743. The molecule has 144 valence electrons. The van der Waals surface area contributed by atoms with Crippen LogP contribution in [0.5, 0.6) is 0 Å². The molecule has 0 radical (unpaired) electrons. The number of fused-ring (bicyclic) bond motifs is 1. The van der Waals surface area contributed by atoms with Gasteiger partial charge in [-0.3, -0.25) is 9.78 Å². The van der Waals surface area contributed by atoms with E-state index in [-0.39, 0.29) is 5.91 Å². The first kappa shape index (κ1) is 17.3. The van der Waals surface area contributed by atoms with Crippen LogP contribution in [-0.4, -0.2) is 57.0 Å². The van der Waals surface area contributed by atoms with E-state index in [1.807, 2.05) is 42.2 Å². The second-order valence-corrected chi connectivity index (χ2v) is 8.01. The minimum absolute atomic E-state index is 0.0160. The number of rotatable bonds is 2. The predicted octanol–water partition coefficient (Wildman–Crippen LogP) is 2.34. The molecule has 0 aliphatic carbocycles. The summed E-state index contributed by atoms with van der Waals surface area (Å²) in [5, 5.41) is 13.0. The molecule has 0 bridgehead atoms. The Morgan fingerprint density at radius 3 is 2.75 bits per heavy atom. The van der Waals surface area contributed by atoms with Gasteiger partial charge in [-0.1, -0.05) is 23.4 Å². The van der Waals surface area contributed by atoms with Gasteiger partial charge in [-0.15, -0.1) is 5.10 Å². The van der Waals surface area contributed by atoms with Crippen LogP contribution >= 0.6 is 0 Å². The minimum atomic E-state index is -0.0160. The van der Waals surface area contributed by atoms with E-state index in [4.69, 9.17) is 0 Å². The van der Waals surface area contributed by atoms with Crippen LogP contribution in [0.2, 0.25) is 0 Å². The third-order valence-electron chi connectivity index (χ3n) is 6.38. The van der Waals surface area contributed by atoms with Crippen molar-refractivity contribution in [3.63, 3.8) is 0 Å². The molecular formula is C21H24N6O. The number of benzene rings is 1. The van der Waals surface area contributed by atoms with Gasteiger partial charge in [0.15, 0.2) is 5.69 Å². The molecule has 0 unspecified atom stereocenters. The first-order chi connectivity index (χ1) is 13.7. The monoisotopic (exact) mass is 376 g/mol. The van der Waals surface area contributed by atoms with Gasteiger partial charge in [-0.25, -0.2) is 4.68 Å². The van der Waals surface area contributed by atoms with Crippen molar-refractivity contribution in [2.24, 2.45) is 5.41 Å². The van der Waals surface area contributed by atoms with Crippen molar-refractivity contribution in [3.05, 3.63) is 47.9 Å². The van der Waals surface area contributed by atoms with Crippen molar-refractivity contribution in [3.8, 4) is 5.69 Å². The lowest BCUT2D eigenvalue weighted by atomic mass is 9.78. The van der Waals surface area contributed by atoms with Crippen LogP contribution in [0.3, 0.4) is 0 Å². The van der Waals surface area contributed by atoms with Crippen molar-refractivity contribution >= 4 is 16.8 Å². The van der Waals surface area contributed by atoms with Crippen molar-refractivity contribution in [1.82, 2.24) is 30.2 Å². The van der Waals surface area contributed by atoms with E-state index in [0.717, 1.165) is 61.3 Å². The summed E-state index contributed by atoms with van der Waals surface area (Å²) in [4.78, 5) is 19.5. The highest BCUT2D eigenvalue weighted by molar-refractivity contribution is 5.94. The molecule has 2 aliphatic heterocycles. The van der Waals surface area contributed by atoms with E-state index in [0.29, 0.717) is 11.1 Å². The SMILES string of the molecule is Cc1c(C(=O)N2CCC3(CCNC3)CC2)nnn1-c1cccc2cccnc12. The second-order valence-electron chi connectivity index (χ2n) is 8.01. The molecule has 28 heavy (non-hydrogen) atoms. The van der Waals surface area contributed by atoms with Crippen LogP contribution < -0.4 is 5.32 Å². The van der Waals surface area contributed by atoms with Crippen molar-refractivity contribution in [2.45, 2.75) is 26.2 Å². The molecular weight excluding hydrogens is 352 g/mol. The van der Waals surface area contributed by atoms with Gasteiger partial charge in [0.25, 0.3) is 5.91 Å². The lowest BCUT2D eigenvalue weighted by Crippen LogP contribution is -2.44. The van der Waals surface area contributed by atoms with Crippen molar-refractivity contribution in [1.29, 1.82) is 0 Å². The Kier molecular flexibility index (Phi) is 4.12. The first-order valence-corrected chi connectivity index (χ1v) is 9.93. The molecule has 4 heterocycles. The second kappa shape index (κ2) is 6.67. The molecule has 7 heteroatoms. The molecule has 2 aromatic heterocycles. The summed E-state index contributed by atoms with van der Waals surface area (Å²) in [6, 6.07) is 9.89. The zero-order chi connectivity index (χ0) is 19.1. The number of hydrogen-bond acceptors (Lipinski definition) is 5. The largest absolute Gasteiger partial charge is 0.337 e. The lowest BCUT2D eigenvalue weighted by Gasteiger charge is -2.38. The third kappa shape index (κ3) is 2.77. The highest BCUT2D eigenvalue weighted by Gasteiger charge is 2.38. The number of aromatic nitrogens is 4. The predicted molar refractivity (Wildman–Crippen MR) is 106 cm³/mol. The molecule has 2 saturated heterocycles. The first-order valence-electron chi connectivity index (χ1n) is 9.93. The van der Waals surface area contributed by atoms with Gasteiger partial charge in [-0.2, -0.15) is 0 Å². The fourth-order valence-electron chi connectivity index (χ4n) is 4.57. The fraction of sp³-hybridized carbons (Fsp3) is 0.429. The number of nitrogens with zero attached hydrogens (tertiary/aromatic N) is 5. The highest BCUT2D eigenvalue weighted by atomic mass is 16.2. The summed E-state index contributed by atoms with van der Waals surface area (Å²) in [5.74, 6) is -0.0160. The van der Waals surface area contributed by atoms with Crippen LogP contribution in [0, 0.1) is 12.3 Å². The molecule has 5 rings (SSSR count). The molecule has 1 aromatic carbocycles. The van der Waals surface area contributed by atoms with Gasteiger partial charge in [0.1, 0.15) is 0 Å². The third-order valence-corrected chi connectivity index (χ3v) is 6.38. The maximum Gasteiger partial charge on any atom is 0.276 e. The average molecular weight is 376 g/mol. The molecule has 2 fully saturated rings. The number of pyridine rings is 1. The summed E-state index contributed by atoms with van der Waals surface area (Å²) in [5.41, 5.74) is 3.28. The minimum Gasteiger partial charge on any atom is -0.337 e. The van der Waals surface area contributed by atoms with Gasteiger partial charge in [0, 0.05) is 31.2 Å². The zero-order valence-corrected chi connectivity index (χ0v) is 16.1. The smallest absolute Gasteiger partial charge is 0.276 e. The van der Waals surface area contributed by atoms with Gasteiger partial charge >= 0.3 is 0 Å². The van der Waals surface area contributed by atoms with E-state index in [1.54, 1.807) is 10.9 Å². The number of likely N-dealkylation sites (tertiary alicyclic amines) is 1. The number of piperidine rings is 1. The molecule has 7 nitrogen and oxygen atoms in total. The van der Waals surface area contributed by atoms with Gasteiger partial charge in [0.05, 0.1) is 16.9 Å². The number of amides is 1. The van der Waals surface area contributed by atoms with E-state index in [1.165, 1.54) is 6.42 Å². The molecule has 0 saturated carbocycles. The van der Waals surface area contributed by atoms with E-state index in [9.17, 15) is 4.79 Å². The lowest BCUT2D eigenvalue weighted by molar-refractivity contribution is 0.0601. The van der Waals surface area contributed by atoms with Crippen LogP contribution in [0.25, 0.3) is 16.6 Å². The van der Waals surface area contributed by atoms with Gasteiger partial charge in [-0.05, 0) is 50.3 Å². The fourth-order valence-corrected chi connectivity index (χ4v) is 4.57. The molecule has 1 N–H and O–H groups in total. The average Bonchev–Trinajstić information content (AvgIpc) is 3.34. The normalized spacial score (nSPS) is 18.8. The summed E-state index contributed by atoms with van der Waals surface area (Å²) in [7, 11) is 0. The number of hydrogen-bond donors (Lipinski definition) is 1. The van der Waals surface area contributed by atoms with Crippen LogP contribution in [0.4, 0.5) is 0 Å². The Labute approximate surface area is 163 Å². The Balaban J connectivity index is 1.42. The Morgan fingerprint density at radius 2 is 1.96 bits per heavy atom. The number of para-hydroxylation sites is 1.